The van der Waals surface area contributed by atoms with Crippen molar-refractivity contribution < 1.29 is 4.79 Å². The summed E-state index contributed by atoms with van der Waals surface area (Å²) in [5.74, 6) is 2.54. The molecule has 0 saturated carbocycles. The van der Waals surface area contributed by atoms with E-state index in [0.29, 0.717) is 6.42 Å². The standard InChI is InChI=1S/C28H28N6OS2/c35-25(4-2-1-3-23-26-24-16-37(23,24)26)31-19-8-6-18(7-9-19)21-15-34(33-21)14-17-5-10-22-20(13-17)32-27-28(36-22)30-12-11-29-27/h5-13,15,23-24,26,33H,1-4,14,16H2,(H,29,32)(H,31,35). The summed E-state index contributed by atoms with van der Waals surface area (Å²) in [7, 11) is 0.0656. The number of aromatic amines is 1. The molecule has 3 N–H and O–H groups in total. The van der Waals surface area contributed by atoms with Gasteiger partial charge in [0, 0.05) is 56.9 Å². The minimum absolute atomic E-state index is 0.0656. The molecule has 1 amide bonds. The van der Waals surface area contributed by atoms with Gasteiger partial charge < -0.3 is 10.6 Å². The summed E-state index contributed by atoms with van der Waals surface area (Å²) in [6, 6.07) is 14.5. The van der Waals surface area contributed by atoms with Crippen molar-refractivity contribution in [3.05, 3.63) is 66.6 Å². The van der Waals surface area contributed by atoms with Crippen molar-refractivity contribution in [1.29, 1.82) is 0 Å². The van der Waals surface area contributed by atoms with E-state index in [2.05, 4.69) is 66.9 Å². The number of aromatic nitrogens is 4. The third kappa shape index (κ3) is 3.78. The number of nitrogens with one attached hydrogen (secondary N) is 3. The molecule has 6 heterocycles. The molecule has 0 aliphatic carbocycles. The zero-order chi connectivity index (χ0) is 24.6. The quantitative estimate of drug-likeness (QED) is 0.162. The van der Waals surface area contributed by atoms with Gasteiger partial charge in [-0.15, -0.1) is 0 Å². The Balaban J connectivity index is 0.826. The van der Waals surface area contributed by atoms with Crippen LogP contribution in [0, 0.1) is 0 Å². The number of H-pyrrole nitrogens is 1. The van der Waals surface area contributed by atoms with Gasteiger partial charge in [-0.25, -0.2) is 20.0 Å². The molecule has 4 aliphatic rings. The van der Waals surface area contributed by atoms with Gasteiger partial charge in [0.2, 0.25) is 5.91 Å². The maximum Gasteiger partial charge on any atom is 0.224 e. The number of unbranched alkanes of at least 4 members (excludes halogenated alkanes) is 1. The molecule has 4 aliphatic heterocycles. The van der Waals surface area contributed by atoms with Crippen molar-refractivity contribution in [2.45, 2.75) is 57.9 Å². The van der Waals surface area contributed by atoms with E-state index >= 15 is 0 Å². The minimum Gasteiger partial charge on any atom is -0.337 e. The fraction of sp³-hybridized carbons (Fsp3) is 0.321. The van der Waals surface area contributed by atoms with Crippen molar-refractivity contribution in [2.24, 2.45) is 0 Å². The van der Waals surface area contributed by atoms with Crippen LogP contribution in [0.2, 0.25) is 0 Å². The maximum atomic E-state index is 12.3. The Morgan fingerprint density at radius 1 is 1.14 bits per heavy atom. The van der Waals surface area contributed by atoms with Gasteiger partial charge in [-0.2, -0.15) is 0 Å². The van der Waals surface area contributed by atoms with Crippen molar-refractivity contribution in [3.8, 4) is 11.3 Å². The molecule has 4 atom stereocenters. The first-order valence-electron chi connectivity index (χ1n) is 13.0. The van der Waals surface area contributed by atoms with Gasteiger partial charge >= 0.3 is 0 Å². The molecule has 0 radical (unpaired) electrons. The highest BCUT2D eigenvalue weighted by Gasteiger charge is 2.93. The number of nitrogens with zero attached hydrogens (tertiary/aromatic N) is 3. The number of hydrogen-bond acceptors (Lipinski definition) is 5. The van der Waals surface area contributed by atoms with Crippen LogP contribution in [-0.4, -0.2) is 47.2 Å². The summed E-state index contributed by atoms with van der Waals surface area (Å²) < 4.78 is 2.08. The van der Waals surface area contributed by atoms with Crippen LogP contribution in [0.5, 0.6) is 0 Å². The fourth-order valence-electron chi connectivity index (χ4n) is 6.01. The molecule has 3 fully saturated rings. The lowest BCUT2D eigenvalue weighted by molar-refractivity contribution is -0.116. The summed E-state index contributed by atoms with van der Waals surface area (Å²) in [6.45, 7) is 0.759. The number of carbonyl (C=O) groups excluding carboxylic acids is 1. The highest BCUT2D eigenvalue weighted by atomic mass is 32.3. The van der Waals surface area contributed by atoms with E-state index in [-0.39, 0.29) is 15.9 Å². The van der Waals surface area contributed by atoms with Gasteiger partial charge in [0.05, 0.1) is 17.9 Å². The molecule has 1 spiro atoms. The third-order valence-corrected chi connectivity index (χ3v) is 14.1. The summed E-state index contributed by atoms with van der Waals surface area (Å²) in [5, 5.41) is 14.3. The van der Waals surface area contributed by atoms with Gasteiger partial charge in [-0.1, -0.05) is 36.4 Å². The van der Waals surface area contributed by atoms with Crippen LogP contribution in [0.25, 0.3) is 11.3 Å². The Bertz CT molecular complexity index is 1520. The highest BCUT2D eigenvalue weighted by Crippen LogP contribution is 3.09. The molecule has 188 valence electrons. The van der Waals surface area contributed by atoms with Gasteiger partial charge in [-0.05, 0) is 48.4 Å². The van der Waals surface area contributed by atoms with Crippen LogP contribution in [0.15, 0.2) is 71.0 Å². The first kappa shape index (κ1) is 21.9. The normalized spacial score (nSPS) is 27.0. The number of benzene rings is 2. The molecule has 2 aromatic heterocycles. The molecule has 37 heavy (non-hydrogen) atoms. The van der Waals surface area contributed by atoms with Crippen molar-refractivity contribution in [1.82, 2.24) is 19.7 Å². The summed E-state index contributed by atoms with van der Waals surface area (Å²) in [4.78, 5) is 22.2. The second kappa shape index (κ2) is 8.16. The van der Waals surface area contributed by atoms with Gasteiger partial charge in [0.25, 0.3) is 0 Å². The Hall–Kier alpha value is -3.17. The zero-order valence-electron chi connectivity index (χ0n) is 20.3. The van der Waals surface area contributed by atoms with Crippen LogP contribution >= 0.6 is 21.8 Å². The van der Waals surface area contributed by atoms with E-state index in [1.54, 1.807) is 29.9 Å². The van der Waals surface area contributed by atoms with E-state index in [9.17, 15) is 4.79 Å². The summed E-state index contributed by atoms with van der Waals surface area (Å²) >= 11 is 1.64. The Morgan fingerprint density at radius 3 is 2.78 bits per heavy atom. The average molecular weight is 529 g/mol. The fourth-order valence-corrected chi connectivity index (χ4v) is 12.2. The third-order valence-electron chi connectivity index (χ3n) is 8.24. The molecule has 7 nitrogen and oxygen atoms in total. The lowest BCUT2D eigenvalue weighted by Crippen LogP contribution is -2.12. The molecule has 4 unspecified atom stereocenters. The van der Waals surface area contributed by atoms with Crippen molar-refractivity contribution >= 4 is 44.9 Å². The molecular weight excluding hydrogens is 500 g/mol. The van der Waals surface area contributed by atoms with Crippen molar-refractivity contribution in [3.63, 3.8) is 0 Å². The Morgan fingerprint density at radius 2 is 1.97 bits per heavy atom. The predicted octanol–water partition coefficient (Wildman–Crippen LogP) is 5.98. The molecule has 8 rings (SSSR count). The Kier molecular flexibility index (Phi) is 4.83. The molecular formula is C28H28N6OS2. The van der Waals surface area contributed by atoms with Gasteiger partial charge in [0.1, 0.15) is 5.03 Å². The lowest BCUT2D eigenvalue weighted by Gasteiger charge is -2.20. The largest absolute Gasteiger partial charge is 0.337 e. The average Bonchev–Trinajstić information content (AvgIpc) is 3.82. The zero-order valence-corrected chi connectivity index (χ0v) is 21.9. The van der Waals surface area contributed by atoms with E-state index in [0.717, 1.165) is 56.6 Å². The smallest absolute Gasteiger partial charge is 0.224 e. The number of carbonyl (C=O) groups is 1. The number of hydrogen-bond donors (Lipinski definition) is 3. The van der Waals surface area contributed by atoms with Crippen LogP contribution in [0.1, 0.15) is 31.2 Å². The Labute approximate surface area is 221 Å². The highest BCUT2D eigenvalue weighted by molar-refractivity contribution is 8.54. The number of fused-ring (bicyclic) bond motifs is 3. The molecule has 2 aromatic carbocycles. The second-order valence-corrected chi connectivity index (χ2v) is 15.5. The van der Waals surface area contributed by atoms with E-state index in [1.807, 2.05) is 12.1 Å². The SMILES string of the molecule is O=C(CCCCC1C2C3CS132)Nc1ccc(-c2cn(Cc3ccc4c(c3)Nc3nccnc3S4)[nH]2)cc1. The van der Waals surface area contributed by atoms with Crippen LogP contribution in [0.4, 0.5) is 17.2 Å². The van der Waals surface area contributed by atoms with Crippen LogP contribution < -0.4 is 10.6 Å². The summed E-state index contributed by atoms with van der Waals surface area (Å²) in [5.41, 5.74) is 5.31. The van der Waals surface area contributed by atoms with Crippen LogP contribution in [0.3, 0.4) is 0 Å². The predicted molar refractivity (Wildman–Crippen MR) is 150 cm³/mol. The number of anilines is 3. The minimum atomic E-state index is 0.0656. The number of amides is 1. The first-order valence-corrected chi connectivity index (χ1v) is 15.8. The lowest BCUT2D eigenvalue weighted by atomic mass is 10.1. The second-order valence-electron chi connectivity index (χ2n) is 10.5. The number of rotatable bonds is 9. The topological polar surface area (TPSA) is 87.6 Å². The monoisotopic (exact) mass is 528 g/mol. The van der Waals surface area contributed by atoms with E-state index < -0.39 is 0 Å². The van der Waals surface area contributed by atoms with Crippen LogP contribution in [-0.2, 0) is 11.3 Å². The summed E-state index contributed by atoms with van der Waals surface area (Å²) in [6.07, 6.45) is 9.78. The molecule has 9 heteroatoms. The molecule has 4 aromatic rings. The first-order chi connectivity index (χ1) is 18.2. The van der Waals surface area contributed by atoms with Gasteiger partial charge in [-0.3, -0.25) is 14.6 Å². The van der Waals surface area contributed by atoms with Crippen molar-refractivity contribution in [2.75, 3.05) is 16.4 Å². The van der Waals surface area contributed by atoms with Gasteiger partial charge in [0.15, 0.2) is 5.82 Å². The van der Waals surface area contributed by atoms with E-state index in [4.69, 9.17) is 0 Å². The molecule has 0 bridgehead atoms. The van der Waals surface area contributed by atoms with E-state index in [1.165, 1.54) is 28.9 Å². The molecule has 3 saturated heterocycles. The maximum absolute atomic E-state index is 12.3.